The first kappa shape index (κ1) is 16.5. The number of amides is 1. The van der Waals surface area contributed by atoms with E-state index in [1.807, 2.05) is 0 Å². The third-order valence-electron chi connectivity index (χ3n) is 6.52. The summed E-state index contributed by atoms with van der Waals surface area (Å²) in [5.74, 6) is 3.82. The molecular weight excluding hydrogens is 314 g/mol. The van der Waals surface area contributed by atoms with Gasteiger partial charge in [0.25, 0.3) is 0 Å². The van der Waals surface area contributed by atoms with Gasteiger partial charge in [-0.2, -0.15) is 0 Å². The summed E-state index contributed by atoms with van der Waals surface area (Å²) in [5, 5.41) is 3.48. The van der Waals surface area contributed by atoms with Crippen molar-refractivity contribution < 1.29 is 4.79 Å². The Hall–Kier alpha value is -0.960. The molecule has 0 radical (unpaired) electrons. The van der Waals surface area contributed by atoms with Crippen molar-refractivity contribution in [2.45, 2.75) is 69.2 Å². The highest BCUT2D eigenvalue weighted by Gasteiger charge is 2.51. The monoisotopic (exact) mass is 343 g/mol. The van der Waals surface area contributed by atoms with Crippen LogP contribution in [-0.2, 0) is 4.79 Å². The van der Waals surface area contributed by atoms with Crippen molar-refractivity contribution in [1.82, 2.24) is 5.32 Å². The normalized spacial score (nSPS) is 33.7. The highest BCUT2D eigenvalue weighted by atomic mass is 32.2. The molecular formula is C21H29NOS. The zero-order valence-corrected chi connectivity index (χ0v) is 15.8. The van der Waals surface area contributed by atoms with Gasteiger partial charge in [0.2, 0.25) is 5.91 Å². The quantitative estimate of drug-likeness (QED) is 0.773. The predicted molar refractivity (Wildman–Crippen MR) is 100 cm³/mol. The number of carbonyl (C=O) groups is 1. The molecule has 1 aromatic rings. The maximum atomic E-state index is 12.5. The number of rotatable bonds is 5. The molecule has 24 heavy (non-hydrogen) atoms. The van der Waals surface area contributed by atoms with Gasteiger partial charge in [0.05, 0.1) is 0 Å². The number of nitrogens with one attached hydrogen (secondary N) is 1. The van der Waals surface area contributed by atoms with E-state index in [9.17, 15) is 4.79 Å². The molecule has 0 unspecified atom stereocenters. The van der Waals surface area contributed by atoms with Gasteiger partial charge >= 0.3 is 0 Å². The van der Waals surface area contributed by atoms with Gasteiger partial charge in [0.1, 0.15) is 0 Å². The molecule has 0 aromatic heterocycles. The zero-order valence-electron chi connectivity index (χ0n) is 14.9. The molecule has 0 aliphatic heterocycles. The SMILES string of the molecule is Cc1ccc(SCCC(=O)NC23CC4CC(CC(C4)C2)C3)cc1C. The molecule has 2 nitrogen and oxygen atoms in total. The molecule has 4 fully saturated rings. The smallest absolute Gasteiger partial charge is 0.221 e. The summed E-state index contributed by atoms with van der Waals surface area (Å²) >= 11 is 1.80. The molecule has 1 aromatic carbocycles. The molecule has 4 aliphatic carbocycles. The van der Waals surface area contributed by atoms with E-state index in [4.69, 9.17) is 0 Å². The van der Waals surface area contributed by atoms with E-state index in [0.29, 0.717) is 6.42 Å². The Kier molecular flexibility index (Phi) is 4.40. The summed E-state index contributed by atoms with van der Waals surface area (Å²) in [5.41, 5.74) is 2.83. The van der Waals surface area contributed by atoms with Crippen molar-refractivity contribution in [2.24, 2.45) is 17.8 Å². The molecule has 5 rings (SSSR count). The lowest BCUT2D eigenvalue weighted by molar-refractivity contribution is -0.126. The molecule has 4 saturated carbocycles. The van der Waals surface area contributed by atoms with Crippen LogP contribution in [0.2, 0.25) is 0 Å². The van der Waals surface area contributed by atoms with E-state index >= 15 is 0 Å². The second-order valence-corrected chi connectivity index (χ2v) is 9.76. The molecule has 0 heterocycles. The maximum Gasteiger partial charge on any atom is 0.221 e. The third kappa shape index (κ3) is 3.37. The van der Waals surface area contributed by atoms with Crippen LogP contribution in [0.1, 0.15) is 56.1 Å². The fraction of sp³-hybridized carbons (Fsp3) is 0.667. The average Bonchev–Trinajstić information content (AvgIpc) is 2.49. The highest BCUT2D eigenvalue weighted by molar-refractivity contribution is 7.99. The number of benzene rings is 1. The first-order chi connectivity index (χ1) is 11.5. The van der Waals surface area contributed by atoms with Gasteiger partial charge in [0.15, 0.2) is 0 Å². The standard InChI is InChI=1S/C21H29NOS/c1-14-3-4-19(7-15(14)2)24-6-5-20(23)22-21-11-16-8-17(12-21)10-18(9-16)13-21/h3-4,7,16-18H,5-6,8-13H2,1-2H3,(H,22,23). The fourth-order valence-corrected chi connectivity index (χ4v) is 6.63. The van der Waals surface area contributed by atoms with Crippen molar-refractivity contribution in [1.29, 1.82) is 0 Å². The molecule has 0 atom stereocenters. The van der Waals surface area contributed by atoms with E-state index in [0.717, 1.165) is 23.5 Å². The van der Waals surface area contributed by atoms with Gasteiger partial charge < -0.3 is 5.32 Å². The van der Waals surface area contributed by atoms with Crippen LogP contribution >= 0.6 is 11.8 Å². The second-order valence-electron chi connectivity index (χ2n) is 8.59. The minimum absolute atomic E-state index is 0.164. The van der Waals surface area contributed by atoms with Crippen LogP contribution in [0.3, 0.4) is 0 Å². The van der Waals surface area contributed by atoms with E-state index in [-0.39, 0.29) is 11.4 Å². The van der Waals surface area contributed by atoms with Crippen LogP contribution in [0, 0.1) is 31.6 Å². The molecule has 4 aliphatic rings. The van der Waals surface area contributed by atoms with Crippen LogP contribution in [0.4, 0.5) is 0 Å². The van der Waals surface area contributed by atoms with Gasteiger partial charge in [-0.1, -0.05) is 6.07 Å². The van der Waals surface area contributed by atoms with Crippen molar-refractivity contribution >= 4 is 17.7 Å². The Bertz CT molecular complexity index is 603. The van der Waals surface area contributed by atoms with E-state index in [2.05, 4.69) is 37.4 Å². The third-order valence-corrected chi connectivity index (χ3v) is 7.51. The molecule has 1 amide bonds. The van der Waals surface area contributed by atoms with E-state index < -0.39 is 0 Å². The molecule has 0 spiro atoms. The lowest BCUT2D eigenvalue weighted by atomic mass is 9.53. The molecule has 130 valence electrons. The summed E-state index contributed by atoms with van der Waals surface area (Å²) in [6.45, 7) is 4.29. The molecule has 1 N–H and O–H groups in total. The molecule has 0 saturated heterocycles. The minimum Gasteiger partial charge on any atom is -0.351 e. The summed E-state index contributed by atoms with van der Waals surface area (Å²) in [6.07, 6.45) is 8.66. The first-order valence-corrected chi connectivity index (χ1v) is 10.5. The second kappa shape index (κ2) is 6.40. The lowest BCUT2D eigenvalue weighted by Gasteiger charge is -2.56. The number of hydrogen-bond donors (Lipinski definition) is 1. The largest absolute Gasteiger partial charge is 0.351 e. The minimum atomic E-state index is 0.164. The van der Waals surface area contributed by atoms with Crippen LogP contribution in [0.25, 0.3) is 0 Å². The number of thioether (sulfide) groups is 1. The van der Waals surface area contributed by atoms with Crippen molar-refractivity contribution in [2.75, 3.05) is 5.75 Å². The first-order valence-electron chi connectivity index (χ1n) is 9.52. The molecule has 4 bridgehead atoms. The molecule has 3 heteroatoms. The topological polar surface area (TPSA) is 29.1 Å². The van der Waals surface area contributed by atoms with Gasteiger partial charge in [-0.15, -0.1) is 11.8 Å². The Morgan fingerprint density at radius 3 is 2.29 bits per heavy atom. The zero-order chi connectivity index (χ0) is 16.7. The summed E-state index contributed by atoms with van der Waals surface area (Å²) in [6, 6.07) is 6.58. The van der Waals surface area contributed by atoms with Gasteiger partial charge in [-0.25, -0.2) is 0 Å². The fourth-order valence-electron chi connectivity index (χ4n) is 5.69. The summed E-state index contributed by atoms with van der Waals surface area (Å²) < 4.78 is 0. The summed E-state index contributed by atoms with van der Waals surface area (Å²) in [4.78, 5) is 13.8. The highest BCUT2D eigenvalue weighted by Crippen LogP contribution is 2.55. The van der Waals surface area contributed by atoms with Gasteiger partial charge in [-0.05, 0) is 93.4 Å². The predicted octanol–water partition coefficient (Wildman–Crippen LogP) is 4.87. The average molecular weight is 344 g/mol. The Morgan fingerprint density at radius 2 is 1.71 bits per heavy atom. The maximum absolute atomic E-state index is 12.5. The van der Waals surface area contributed by atoms with Gasteiger partial charge in [-0.3, -0.25) is 4.79 Å². The summed E-state index contributed by atoms with van der Waals surface area (Å²) in [7, 11) is 0. The Labute approximate surface area is 150 Å². The lowest BCUT2D eigenvalue weighted by Crippen LogP contribution is -2.59. The number of carbonyl (C=O) groups excluding carboxylic acids is 1. The number of aryl methyl sites for hydroxylation is 2. The van der Waals surface area contributed by atoms with Crippen LogP contribution < -0.4 is 5.32 Å². The Balaban J connectivity index is 1.28. The van der Waals surface area contributed by atoms with Crippen LogP contribution in [-0.4, -0.2) is 17.2 Å². The van der Waals surface area contributed by atoms with Gasteiger partial charge in [0, 0.05) is 22.6 Å². The van der Waals surface area contributed by atoms with Crippen molar-refractivity contribution in [3.63, 3.8) is 0 Å². The van der Waals surface area contributed by atoms with E-state index in [1.165, 1.54) is 54.5 Å². The van der Waals surface area contributed by atoms with Crippen LogP contribution in [0.15, 0.2) is 23.1 Å². The van der Waals surface area contributed by atoms with E-state index in [1.54, 1.807) is 11.8 Å². The van der Waals surface area contributed by atoms with Crippen molar-refractivity contribution in [3.05, 3.63) is 29.3 Å². The van der Waals surface area contributed by atoms with Crippen molar-refractivity contribution in [3.8, 4) is 0 Å². The van der Waals surface area contributed by atoms with Crippen LogP contribution in [0.5, 0.6) is 0 Å². The Morgan fingerprint density at radius 1 is 1.08 bits per heavy atom. The number of hydrogen-bond acceptors (Lipinski definition) is 2.